The van der Waals surface area contributed by atoms with Crippen molar-refractivity contribution in [2.24, 2.45) is 5.11 Å². The third-order valence-electron chi connectivity index (χ3n) is 2.48. The summed E-state index contributed by atoms with van der Waals surface area (Å²) in [4.78, 5) is 2.78. The Balaban J connectivity index is 2.43. The Morgan fingerprint density at radius 1 is 1.06 bits per heavy atom. The molecule has 0 aliphatic carbocycles. The third kappa shape index (κ3) is 2.78. The molecule has 0 radical (unpaired) electrons. The minimum Gasteiger partial charge on any atom is -0.0893 e. The summed E-state index contributed by atoms with van der Waals surface area (Å²) in [7, 11) is 0. The first-order valence-electron chi connectivity index (χ1n) is 5.16. The predicted molar refractivity (Wildman–Crippen MR) is 69.7 cm³/mol. The second-order valence-corrected chi connectivity index (χ2v) is 3.99. The molecule has 2 rings (SSSR count). The maximum absolute atomic E-state index is 8.37. The highest BCUT2D eigenvalue weighted by Gasteiger charge is 2.03. The molecule has 0 saturated heterocycles. The molecule has 0 atom stereocenters. The smallest absolute Gasteiger partial charge is 0.0517 e. The molecule has 3 nitrogen and oxygen atoms in total. The summed E-state index contributed by atoms with van der Waals surface area (Å²) >= 11 is 5.86. The summed E-state index contributed by atoms with van der Waals surface area (Å²) in [5.41, 5.74) is 11.5. The number of azide groups is 1. The Kier molecular flexibility index (Phi) is 3.66. The molecule has 0 bridgehead atoms. The fourth-order valence-corrected chi connectivity index (χ4v) is 1.80. The third-order valence-corrected chi connectivity index (χ3v) is 2.73. The molecule has 0 aliphatic heterocycles. The van der Waals surface area contributed by atoms with Crippen LogP contribution in [-0.4, -0.2) is 0 Å². The summed E-state index contributed by atoms with van der Waals surface area (Å²) in [5, 5.41) is 4.31. The van der Waals surface area contributed by atoms with E-state index in [1.807, 2.05) is 48.5 Å². The zero-order valence-electron chi connectivity index (χ0n) is 9.05. The Hall–Kier alpha value is -1.96. The van der Waals surface area contributed by atoms with Gasteiger partial charge in [0.25, 0.3) is 0 Å². The molecule has 0 heterocycles. The maximum atomic E-state index is 8.37. The summed E-state index contributed by atoms with van der Waals surface area (Å²) in [5.74, 6) is 0. The van der Waals surface area contributed by atoms with Crippen molar-refractivity contribution in [1.29, 1.82) is 0 Å². The van der Waals surface area contributed by atoms with Gasteiger partial charge in [0.1, 0.15) is 0 Å². The SMILES string of the molecule is [N-]=[N+]=NCc1ccccc1-c1ccc(Cl)cc1. The van der Waals surface area contributed by atoms with Gasteiger partial charge >= 0.3 is 0 Å². The highest BCUT2D eigenvalue weighted by molar-refractivity contribution is 6.30. The lowest BCUT2D eigenvalue weighted by Gasteiger charge is -2.07. The average molecular weight is 244 g/mol. The number of rotatable bonds is 3. The highest BCUT2D eigenvalue weighted by Crippen LogP contribution is 2.25. The monoisotopic (exact) mass is 243 g/mol. The summed E-state index contributed by atoms with van der Waals surface area (Å²) in [6.07, 6.45) is 0. The molecule has 0 amide bonds. The second kappa shape index (κ2) is 5.39. The fourth-order valence-electron chi connectivity index (χ4n) is 1.68. The fraction of sp³-hybridized carbons (Fsp3) is 0.0769. The van der Waals surface area contributed by atoms with Gasteiger partial charge < -0.3 is 0 Å². The zero-order chi connectivity index (χ0) is 12.1. The lowest BCUT2D eigenvalue weighted by Crippen LogP contribution is -1.87. The first kappa shape index (κ1) is 11.5. The topological polar surface area (TPSA) is 48.8 Å². The van der Waals surface area contributed by atoms with Crippen LogP contribution in [-0.2, 0) is 6.54 Å². The average Bonchev–Trinajstić information content (AvgIpc) is 2.38. The molecular weight excluding hydrogens is 234 g/mol. The van der Waals surface area contributed by atoms with Crippen molar-refractivity contribution >= 4 is 11.6 Å². The molecule has 4 heteroatoms. The van der Waals surface area contributed by atoms with Crippen molar-refractivity contribution < 1.29 is 0 Å². The molecule has 0 fully saturated rings. The maximum Gasteiger partial charge on any atom is 0.0517 e. The molecule has 0 saturated carbocycles. The lowest BCUT2D eigenvalue weighted by molar-refractivity contribution is 1.05. The van der Waals surface area contributed by atoms with Crippen molar-refractivity contribution in [1.82, 2.24) is 0 Å². The molecule has 2 aromatic rings. The first-order chi connectivity index (χ1) is 8.31. The molecule has 0 unspecified atom stereocenters. The van der Waals surface area contributed by atoms with Crippen LogP contribution in [0.15, 0.2) is 53.6 Å². The van der Waals surface area contributed by atoms with Crippen molar-refractivity contribution in [2.75, 3.05) is 0 Å². The number of hydrogen-bond donors (Lipinski definition) is 0. The van der Waals surface area contributed by atoms with Crippen LogP contribution in [0.5, 0.6) is 0 Å². The first-order valence-corrected chi connectivity index (χ1v) is 5.54. The predicted octanol–water partition coefficient (Wildman–Crippen LogP) is 4.82. The van der Waals surface area contributed by atoms with Gasteiger partial charge in [-0.25, -0.2) is 0 Å². The number of halogens is 1. The minimum absolute atomic E-state index is 0.356. The van der Waals surface area contributed by atoms with Crippen LogP contribution in [0.25, 0.3) is 21.6 Å². The van der Waals surface area contributed by atoms with Crippen LogP contribution in [0.3, 0.4) is 0 Å². The van der Waals surface area contributed by atoms with Gasteiger partial charge in [-0.2, -0.15) is 0 Å². The molecule has 0 aromatic heterocycles. The number of nitrogens with zero attached hydrogens (tertiary/aromatic N) is 3. The van der Waals surface area contributed by atoms with Crippen LogP contribution in [0, 0.1) is 0 Å². The molecule has 84 valence electrons. The van der Waals surface area contributed by atoms with Gasteiger partial charge in [-0.1, -0.05) is 53.1 Å². The normalized spacial score (nSPS) is 9.71. The van der Waals surface area contributed by atoms with Crippen molar-refractivity contribution in [3.05, 3.63) is 69.6 Å². The Labute approximate surface area is 104 Å². The van der Waals surface area contributed by atoms with E-state index in [9.17, 15) is 0 Å². The molecule has 0 N–H and O–H groups in total. The Morgan fingerprint density at radius 2 is 1.76 bits per heavy atom. The van der Waals surface area contributed by atoms with Gasteiger partial charge in [0, 0.05) is 9.93 Å². The Morgan fingerprint density at radius 3 is 2.47 bits per heavy atom. The quantitative estimate of drug-likeness (QED) is 0.422. The number of hydrogen-bond acceptors (Lipinski definition) is 1. The van der Waals surface area contributed by atoms with E-state index in [1.165, 1.54) is 0 Å². The summed E-state index contributed by atoms with van der Waals surface area (Å²) in [6.45, 7) is 0.356. The van der Waals surface area contributed by atoms with Gasteiger partial charge in [0.2, 0.25) is 0 Å². The van der Waals surface area contributed by atoms with E-state index in [0.717, 1.165) is 16.7 Å². The van der Waals surface area contributed by atoms with E-state index in [1.54, 1.807) is 0 Å². The molecule has 17 heavy (non-hydrogen) atoms. The molecule has 2 aromatic carbocycles. The van der Waals surface area contributed by atoms with E-state index in [0.29, 0.717) is 11.6 Å². The molecular formula is C13H10ClN3. The van der Waals surface area contributed by atoms with Crippen molar-refractivity contribution in [3.8, 4) is 11.1 Å². The summed E-state index contributed by atoms with van der Waals surface area (Å²) < 4.78 is 0. The van der Waals surface area contributed by atoms with E-state index >= 15 is 0 Å². The Bertz CT molecular complexity index is 557. The van der Waals surface area contributed by atoms with Gasteiger partial charge in [0.15, 0.2) is 0 Å². The standard InChI is InChI=1S/C13H10ClN3/c14-12-7-5-10(6-8-12)13-4-2-1-3-11(13)9-16-17-15/h1-8H,9H2. The van der Waals surface area contributed by atoms with Crippen molar-refractivity contribution in [3.63, 3.8) is 0 Å². The van der Waals surface area contributed by atoms with Gasteiger partial charge in [-0.3, -0.25) is 0 Å². The van der Waals surface area contributed by atoms with Crippen LogP contribution >= 0.6 is 11.6 Å². The zero-order valence-corrected chi connectivity index (χ0v) is 9.80. The van der Waals surface area contributed by atoms with E-state index in [2.05, 4.69) is 10.0 Å². The van der Waals surface area contributed by atoms with Crippen LogP contribution in [0.4, 0.5) is 0 Å². The van der Waals surface area contributed by atoms with Crippen LogP contribution in [0.2, 0.25) is 5.02 Å². The second-order valence-electron chi connectivity index (χ2n) is 3.55. The largest absolute Gasteiger partial charge is 0.0893 e. The van der Waals surface area contributed by atoms with Gasteiger partial charge in [-0.15, -0.1) is 0 Å². The van der Waals surface area contributed by atoms with Gasteiger partial charge in [0.05, 0.1) is 6.54 Å². The van der Waals surface area contributed by atoms with E-state index in [-0.39, 0.29) is 0 Å². The highest BCUT2D eigenvalue weighted by atomic mass is 35.5. The number of benzene rings is 2. The van der Waals surface area contributed by atoms with Crippen LogP contribution < -0.4 is 0 Å². The van der Waals surface area contributed by atoms with Crippen molar-refractivity contribution in [2.45, 2.75) is 6.54 Å². The van der Waals surface area contributed by atoms with Crippen LogP contribution in [0.1, 0.15) is 5.56 Å². The molecule has 0 spiro atoms. The lowest BCUT2D eigenvalue weighted by atomic mass is 10.00. The van der Waals surface area contributed by atoms with E-state index < -0.39 is 0 Å². The molecule has 0 aliphatic rings. The van der Waals surface area contributed by atoms with E-state index in [4.69, 9.17) is 17.1 Å². The summed E-state index contributed by atoms with van der Waals surface area (Å²) in [6, 6.07) is 15.5. The minimum atomic E-state index is 0.356. The van der Waals surface area contributed by atoms with Gasteiger partial charge in [-0.05, 0) is 34.4 Å².